The second kappa shape index (κ2) is 5.44. The first-order valence-corrected chi connectivity index (χ1v) is 5.47. The van der Waals surface area contributed by atoms with E-state index in [4.69, 9.17) is 11.6 Å². The van der Waals surface area contributed by atoms with Crippen LogP contribution in [0, 0.1) is 5.92 Å². The second-order valence-electron chi connectivity index (χ2n) is 4.56. The van der Waals surface area contributed by atoms with Gasteiger partial charge in [0.2, 0.25) is 0 Å². The van der Waals surface area contributed by atoms with Crippen LogP contribution in [0.3, 0.4) is 0 Å². The highest BCUT2D eigenvalue weighted by Gasteiger charge is 2.24. The van der Waals surface area contributed by atoms with Crippen molar-refractivity contribution in [1.82, 2.24) is 9.91 Å². The number of rotatable bonds is 3. The minimum Gasteiger partial charge on any atom is -0.320 e. The molecule has 15 heavy (non-hydrogen) atoms. The van der Waals surface area contributed by atoms with Gasteiger partial charge in [-0.2, -0.15) is 0 Å². The van der Waals surface area contributed by atoms with Crippen LogP contribution in [0.1, 0.15) is 19.3 Å². The smallest absolute Gasteiger partial charge is 0.253 e. The third kappa shape index (κ3) is 3.77. The van der Waals surface area contributed by atoms with Crippen LogP contribution in [0.15, 0.2) is 0 Å². The Morgan fingerprint density at radius 2 is 2.33 bits per heavy atom. The van der Waals surface area contributed by atoms with Gasteiger partial charge in [-0.1, -0.05) is 0 Å². The Kier molecular flexibility index (Phi) is 4.50. The van der Waals surface area contributed by atoms with Gasteiger partial charge < -0.3 is 10.6 Å². The summed E-state index contributed by atoms with van der Waals surface area (Å²) in [7, 11) is 3.64. The predicted octanol–water partition coefficient (Wildman–Crippen LogP) is -0.622. The van der Waals surface area contributed by atoms with Gasteiger partial charge in [0.25, 0.3) is 5.91 Å². The molecule has 5 nitrogen and oxygen atoms in total. The average molecular weight is 214 g/mol. The highest BCUT2D eigenvalue weighted by molar-refractivity contribution is 5.80. The highest BCUT2D eigenvalue weighted by Crippen LogP contribution is 2.19. The van der Waals surface area contributed by atoms with Crippen LogP contribution in [0.4, 0.5) is 0 Å². The normalized spacial score (nSPS) is 24.9. The third-order valence-corrected chi connectivity index (χ3v) is 2.97. The van der Waals surface area contributed by atoms with Crippen LogP contribution < -0.4 is 11.6 Å². The molecule has 0 saturated carbocycles. The van der Waals surface area contributed by atoms with Crippen LogP contribution in [0.25, 0.3) is 0 Å². The van der Waals surface area contributed by atoms with Gasteiger partial charge in [-0.15, -0.1) is 0 Å². The van der Waals surface area contributed by atoms with Crippen molar-refractivity contribution in [2.75, 3.05) is 27.2 Å². The minimum absolute atomic E-state index is 0.178. The summed E-state index contributed by atoms with van der Waals surface area (Å²) in [6.07, 6.45) is 3.10. The molecule has 0 aliphatic carbocycles. The lowest BCUT2D eigenvalue weighted by Crippen LogP contribution is -2.47. The van der Waals surface area contributed by atoms with Crippen LogP contribution in [-0.4, -0.2) is 49.0 Å². The molecule has 1 heterocycles. The van der Waals surface area contributed by atoms with Crippen molar-refractivity contribution in [2.24, 2.45) is 17.5 Å². The standard InChI is InChI=1S/C10H22N4O/c1-13-5-3-4-8(7-13)6-9(11)10(15)14(2)12/h8-9H,3-7,11-12H2,1-2H3. The van der Waals surface area contributed by atoms with Gasteiger partial charge in [0.15, 0.2) is 0 Å². The number of hydrazine groups is 1. The molecule has 0 aromatic heterocycles. The zero-order valence-corrected chi connectivity index (χ0v) is 9.65. The van der Waals surface area contributed by atoms with Gasteiger partial charge >= 0.3 is 0 Å². The van der Waals surface area contributed by atoms with E-state index < -0.39 is 6.04 Å². The number of likely N-dealkylation sites (tertiary alicyclic amines) is 1. The van der Waals surface area contributed by atoms with Crippen LogP contribution in [-0.2, 0) is 4.79 Å². The lowest BCUT2D eigenvalue weighted by molar-refractivity contribution is -0.132. The number of nitrogens with two attached hydrogens (primary N) is 2. The Morgan fingerprint density at radius 3 is 2.87 bits per heavy atom. The van der Waals surface area contributed by atoms with Crippen LogP contribution >= 0.6 is 0 Å². The first-order chi connectivity index (χ1) is 7.00. The van der Waals surface area contributed by atoms with Crippen molar-refractivity contribution in [3.05, 3.63) is 0 Å². The molecule has 88 valence electrons. The molecule has 0 aromatic carbocycles. The summed E-state index contributed by atoms with van der Waals surface area (Å²) in [5.74, 6) is 5.72. The maximum Gasteiger partial charge on any atom is 0.253 e. The molecule has 4 N–H and O–H groups in total. The van der Waals surface area contributed by atoms with Gasteiger partial charge in [-0.05, 0) is 38.8 Å². The Bertz CT molecular complexity index is 219. The molecule has 1 fully saturated rings. The summed E-state index contributed by atoms with van der Waals surface area (Å²) in [6, 6.07) is -0.448. The minimum atomic E-state index is -0.448. The molecular formula is C10H22N4O. The number of carbonyl (C=O) groups is 1. The van der Waals surface area contributed by atoms with E-state index >= 15 is 0 Å². The molecule has 0 aromatic rings. The first-order valence-electron chi connectivity index (χ1n) is 5.47. The molecule has 2 unspecified atom stereocenters. The molecular weight excluding hydrogens is 192 g/mol. The van der Waals surface area contributed by atoms with E-state index in [0.29, 0.717) is 5.92 Å². The quantitative estimate of drug-likeness (QED) is 0.373. The number of hydrogen-bond donors (Lipinski definition) is 2. The van der Waals surface area contributed by atoms with Crippen molar-refractivity contribution in [1.29, 1.82) is 0 Å². The summed E-state index contributed by atoms with van der Waals surface area (Å²) in [4.78, 5) is 13.7. The van der Waals surface area contributed by atoms with E-state index in [1.54, 1.807) is 0 Å². The highest BCUT2D eigenvalue weighted by atomic mass is 16.2. The zero-order chi connectivity index (χ0) is 11.4. The van der Waals surface area contributed by atoms with Crippen molar-refractivity contribution in [3.8, 4) is 0 Å². The Balaban J connectivity index is 2.36. The molecule has 0 spiro atoms. The summed E-state index contributed by atoms with van der Waals surface area (Å²) >= 11 is 0. The summed E-state index contributed by atoms with van der Waals surface area (Å²) in [5, 5.41) is 1.08. The van der Waals surface area contributed by atoms with Crippen LogP contribution in [0.2, 0.25) is 0 Å². The fourth-order valence-electron chi connectivity index (χ4n) is 2.19. The fourth-order valence-corrected chi connectivity index (χ4v) is 2.19. The molecule has 1 aliphatic rings. The first kappa shape index (κ1) is 12.4. The predicted molar refractivity (Wildman–Crippen MR) is 59.8 cm³/mol. The van der Waals surface area contributed by atoms with E-state index in [9.17, 15) is 4.79 Å². The van der Waals surface area contributed by atoms with E-state index in [2.05, 4.69) is 11.9 Å². The zero-order valence-electron chi connectivity index (χ0n) is 9.65. The average Bonchev–Trinajstić information content (AvgIpc) is 2.16. The second-order valence-corrected chi connectivity index (χ2v) is 4.56. The van der Waals surface area contributed by atoms with Gasteiger partial charge in [0.05, 0.1) is 6.04 Å². The lowest BCUT2D eigenvalue weighted by Gasteiger charge is -2.31. The molecule has 0 radical (unpaired) electrons. The molecule has 1 amide bonds. The maximum atomic E-state index is 11.5. The van der Waals surface area contributed by atoms with E-state index in [-0.39, 0.29) is 5.91 Å². The number of carbonyl (C=O) groups excluding carboxylic acids is 1. The third-order valence-electron chi connectivity index (χ3n) is 2.97. The van der Waals surface area contributed by atoms with Gasteiger partial charge in [0.1, 0.15) is 0 Å². The molecule has 1 aliphatic heterocycles. The van der Waals surface area contributed by atoms with Crippen molar-refractivity contribution in [3.63, 3.8) is 0 Å². The molecule has 2 atom stereocenters. The Labute approximate surface area is 91.3 Å². The summed E-state index contributed by atoms with van der Waals surface area (Å²) < 4.78 is 0. The monoisotopic (exact) mass is 214 g/mol. The maximum absolute atomic E-state index is 11.5. The van der Waals surface area contributed by atoms with Gasteiger partial charge in [0, 0.05) is 13.6 Å². The van der Waals surface area contributed by atoms with Crippen molar-refractivity contribution >= 4 is 5.91 Å². The molecule has 1 rings (SSSR count). The van der Waals surface area contributed by atoms with Crippen LogP contribution in [0.5, 0.6) is 0 Å². The SMILES string of the molecule is CN1CCCC(CC(N)C(=O)N(C)N)C1. The number of likely N-dealkylation sites (N-methyl/N-ethyl adjacent to an activating group) is 1. The number of hydrogen-bond acceptors (Lipinski definition) is 4. The molecule has 1 saturated heterocycles. The summed E-state index contributed by atoms with van der Waals surface area (Å²) in [6.45, 7) is 2.19. The lowest BCUT2D eigenvalue weighted by atomic mass is 9.91. The van der Waals surface area contributed by atoms with Gasteiger partial charge in [-0.25, -0.2) is 5.84 Å². The topological polar surface area (TPSA) is 75.6 Å². The van der Waals surface area contributed by atoms with E-state index in [0.717, 1.165) is 24.5 Å². The molecule has 0 bridgehead atoms. The van der Waals surface area contributed by atoms with Crippen molar-refractivity contribution in [2.45, 2.75) is 25.3 Å². The summed E-state index contributed by atoms with van der Waals surface area (Å²) in [5.41, 5.74) is 5.80. The molecule has 5 heteroatoms. The number of amides is 1. The van der Waals surface area contributed by atoms with E-state index in [1.165, 1.54) is 19.9 Å². The fraction of sp³-hybridized carbons (Fsp3) is 0.900. The Morgan fingerprint density at radius 1 is 1.67 bits per heavy atom. The number of nitrogens with zero attached hydrogens (tertiary/aromatic N) is 2. The van der Waals surface area contributed by atoms with Crippen molar-refractivity contribution < 1.29 is 4.79 Å². The largest absolute Gasteiger partial charge is 0.320 e. The Hall–Kier alpha value is -0.650. The number of piperidine rings is 1. The van der Waals surface area contributed by atoms with E-state index in [1.807, 2.05) is 0 Å². The van der Waals surface area contributed by atoms with Gasteiger partial charge in [-0.3, -0.25) is 9.80 Å².